The number of cyclic esters (lactones) is 1. The van der Waals surface area contributed by atoms with Crippen LogP contribution in [0.5, 0.6) is 0 Å². The van der Waals surface area contributed by atoms with E-state index in [1.807, 2.05) is 24.3 Å². The maximum absolute atomic E-state index is 13.2. The van der Waals surface area contributed by atoms with Crippen LogP contribution in [0, 0.1) is 5.82 Å². The lowest BCUT2D eigenvalue weighted by Gasteiger charge is -1.98. The van der Waals surface area contributed by atoms with E-state index in [1.54, 1.807) is 12.1 Å². The number of benzene rings is 2. The monoisotopic (exact) mass is 345 g/mol. The standard InChI is InChI=1S/C16H9BrFNO2/c17-13-7-2-1-4-10(13)9-14-16(20)21-15(19-14)11-5-3-6-12(18)8-11/h1-9H. The van der Waals surface area contributed by atoms with Gasteiger partial charge in [-0.1, -0.05) is 40.2 Å². The third-order valence-electron chi connectivity index (χ3n) is 2.89. The summed E-state index contributed by atoms with van der Waals surface area (Å²) in [7, 11) is 0. The fourth-order valence-corrected chi connectivity index (χ4v) is 2.29. The molecule has 21 heavy (non-hydrogen) atoms. The Kier molecular flexibility index (Phi) is 3.66. The largest absolute Gasteiger partial charge is 0.402 e. The Bertz CT molecular complexity index is 783. The molecule has 104 valence electrons. The number of carbonyl (C=O) groups is 1. The highest BCUT2D eigenvalue weighted by Crippen LogP contribution is 2.23. The van der Waals surface area contributed by atoms with Crippen molar-refractivity contribution in [1.29, 1.82) is 0 Å². The summed E-state index contributed by atoms with van der Waals surface area (Å²) in [6.07, 6.45) is 1.62. The molecule has 0 atom stereocenters. The van der Waals surface area contributed by atoms with Crippen molar-refractivity contribution in [3.63, 3.8) is 0 Å². The Balaban J connectivity index is 1.98. The molecule has 3 nitrogen and oxygen atoms in total. The number of esters is 1. The van der Waals surface area contributed by atoms with Gasteiger partial charge in [-0.2, -0.15) is 0 Å². The van der Waals surface area contributed by atoms with Gasteiger partial charge in [0.15, 0.2) is 5.70 Å². The van der Waals surface area contributed by atoms with Crippen LogP contribution in [0.1, 0.15) is 11.1 Å². The van der Waals surface area contributed by atoms with Crippen LogP contribution < -0.4 is 0 Å². The molecule has 0 saturated carbocycles. The summed E-state index contributed by atoms with van der Waals surface area (Å²) in [6.45, 7) is 0. The quantitative estimate of drug-likeness (QED) is 0.610. The molecule has 0 fully saturated rings. The molecule has 0 bridgehead atoms. The molecule has 0 spiro atoms. The summed E-state index contributed by atoms with van der Waals surface area (Å²) in [6, 6.07) is 13.2. The molecule has 0 radical (unpaired) electrons. The second-order valence-electron chi connectivity index (χ2n) is 4.37. The van der Waals surface area contributed by atoms with Gasteiger partial charge < -0.3 is 4.74 Å². The highest BCUT2D eigenvalue weighted by molar-refractivity contribution is 9.10. The van der Waals surface area contributed by atoms with Crippen LogP contribution >= 0.6 is 15.9 Å². The molecule has 1 aliphatic rings. The number of carbonyl (C=O) groups excluding carboxylic acids is 1. The Labute approximate surface area is 128 Å². The van der Waals surface area contributed by atoms with Crippen LogP contribution in [0.3, 0.4) is 0 Å². The van der Waals surface area contributed by atoms with Gasteiger partial charge in [-0.05, 0) is 35.9 Å². The van der Waals surface area contributed by atoms with Crippen molar-refractivity contribution in [3.8, 4) is 0 Å². The maximum Gasteiger partial charge on any atom is 0.363 e. The van der Waals surface area contributed by atoms with E-state index in [0.717, 1.165) is 10.0 Å². The van der Waals surface area contributed by atoms with Gasteiger partial charge in [0.1, 0.15) is 5.82 Å². The summed E-state index contributed by atoms with van der Waals surface area (Å²) in [5.41, 5.74) is 1.42. The van der Waals surface area contributed by atoms with E-state index in [1.165, 1.54) is 18.2 Å². The number of aliphatic imine (C=N–C) groups is 1. The van der Waals surface area contributed by atoms with Crippen LogP contribution in [0.25, 0.3) is 6.08 Å². The molecule has 2 aromatic rings. The SMILES string of the molecule is O=C1OC(c2cccc(F)c2)=NC1=Cc1ccccc1Br. The van der Waals surface area contributed by atoms with Crippen molar-refractivity contribution in [2.45, 2.75) is 0 Å². The summed E-state index contributed by atoms with van der Waals surface area (Å²) in [5, 5.41) is 0. The smallest absolute Gasteiger partial charge is 0.363 e. The number of hydrogen-bond donors (Lipinski definition) is 0. The van der Waals surface area contributed by atoms with E-state index in [-0.39, 0.29) is 11.6 Å². The fourth-order valence-electron chi connectivity index (χ4n) is 1.89. The molecule has 0 unspecified atom stereocenters. The van der Waals surface area contributed by atoms with Crippen molar-refractivity contribution >= 4 is 33.9 Å². The van der Waals surface area contributed by atoms with E-state index in [4.69, 9.17) is 4.74 Å². The molecule has 0 saturated heterocycles. The number of hydrogen-bond acceptors (Lipinski definition) is 3. The molecule has 0 aliphatic carbocycles. The summed E-state index contributed by atoms with van der Waals surface area (Å²) in [5.74, 6) is -0.850. The van der Waals surface area contributed by atoms with Gasteiger partial charge in [-0.3, -0.25) is 0 Å². The predicted molar refractivity (Wildman–Crippen MR) is 81.1 cm³/mol. The van der Waals surface area contributed by atoms with Crippen molar-refractivity contribution in [1.82, 2.24) is 0 Å². The van der Waals surface area contributed by atoms with Gasteiger partial charge in [0.2, 0.25) is 5.90 Å². The molecule has 3 rings (SSSR count). The molecule has 2 aromatic carbocycles. The van der Waals surface area contributed by atoms with Crippen LogP contribution in [-0.4, -0.2) is 11.9 Å². The minimum absolute atomic E-state index is 0.109. The van der Waals surface area contributed by atoms with Gasteiger partial charge in [0, 0.05) is 10.0 Å². The molecule has 0 aromatic heterocycles. The lowest BCUT2D eigenvalue weighted by atomic mass is 10.2. The van der Waals surface area contributed by atoms with Crippen molar-refractivity contribution in [2.75, 3.05) is 0 Å². The zero-order chi connectivity index (χ0) is 14.8. The van der Waals surface area contributed by atoms with Crippen molar-refractivity contribution < 1.29 is 13.9 Å². The molecule has 0 amide bonds. The number of ether oxygens (including phenoxy) is 1. The van der Waals surface area contributed by atoms with Crippen LogP contribution in [0.2, 0.25) is 0 Å². The Hall–Kier alpha value is -2.27. The second kappa shape index (κ2) is 5.61. The average Bonchev–Trinajstić information content (AvgIpc) is 2.83. The maximum atomic E-state index is 13.2. The first kappa shape index (κ1) is 13.7. The first-order chi connectivity index (χ1) is 10.1. The minimum atomic E-state index is -0.551. The van der Waals surface area contributed by atoms with Crippen molar-refractivity contribution in [3.05, 3.63) is 75.6 Å². The zero-order valence-electron chi connectivity index (χ0n) is 10.7. The Morgan fingerprint density at radius 3 is 2.71 bits per heavy atom. The highest BCUT2D eigenvalue weighted by atomic mass is 79.9. The average molecular weight is 346 g/mol. The molecule has 1 heterocycles. The lowest BCUT2D eigenvalue weighted by Crippen LogP contribution is -2.05. The van der Waals surface area contributed by atoms with Gasteiger partial charge >= 0.3 is 5.97 Å². The number of halogens is 2. The summed E-state index contributed by atoms with van der Waals surface area (Å²) >= 11 is 3.40. The Morgan fingerprint density at radius 2 is 1.95 bits per heavy atom. The topological polar surface area (TPSA) is 38.7 Å². The molecular formula is C16H9BrFNO2. The summed E-state index contributed by atoms with van der Waals surface area (Å²) in [4.78, 5) is 16.0. The highest BCUT2D eigenvalue weighted by Gasteiger charge is 2.24. The lowest BCUT2D eigenvalue weighted by molar-refractivity contribution is -0.129. The first-order valence-electron chi connectivity index (χ1n) is 6.16. The summed E-state index contributed by atoms with van der Waals surface area (Å²) < 4.78 is 19.1. The van der Waals surface area contributed by atoms with Gasteiger partial charge in [0.25, 0.3) is 0 Å². The normalized spacial score (nSPS) is 16.0. The molecule has 1 aliphatic heterocycles. The van der Waals surface area contributed by atoms with Gasteiger partial charge in [-0.25, -0.2) is 14.2 Å². The Morgan fingerprint density at radius 1 is 1.14 bits per heavy atom. The molecule has 0 N–H and O–H groups in total. The van der Waals surface area contributed by atoms with Crippen molar-refractivity contribution in [2.24, 2.45) is 4.99 Å². The van der Waals surface area contributed by atoms with Crippen LogP contribution in [0.15, 0.2) is 63.7 Å². The van der Waals surface area contributed by atoms with E-state index in [2.05, 4.69) is 20.9 Å². The first-order valence-corrected chi connectivity index (χ1v) is 6.96. The fraction of sp³-hybridized carbons (Fsp3) is 0. The van der Waals surface area contributed by atoms with E-state index < -0.39 is 11.8 Å². The molecule has 5 heteroatoms. The number of rotatable bonds is 2. The number of nitrogens with zero attached hydrogens (tertiary/aromatic N) is 1. The van der Waals surface area contributed by atoms with Gasteiger partial charge in [-0.15, -0.1) is 0 Å². The zero-order valence-corrected chi connectivity index (χ0v) is 12.3. The predicted octanol–water partition coefficient (Wildman–Crippen LogP) is 3.93. The third-order valence-corrected chi connectivity index (χ3v) is 3.61. The molecular weight excluding hydrogens is 337 g/mol. The minimum Gasteiger partial charge on any atom is -0.402 e. The third kappa shape index (κ3) is 2.92. The van der Waals surface area contributed by atoms with E-state index in [0.29, 0.717) is 5.56 Å². The van der Waals surface area contributed by atoms with Crippen LogP contribution in [-0.2, 0) is 9.53 Å². The second-order valence-corrected chi connectivity index (χ2v) is 5.22. The van der Waals surface area contributed by atoms with Gasteiger partial charge in [0.05, 0.1) is 0 Å². The van der Waals surface area contributed by atoms with E-state index in [9.17, 15) is 9.18 Å². The van der Waals surface area contributed by atoms with Crippen LogP contribution in [0.4, 0.5) is 4.39 Å². The van der Waals surface area contributed by atoms with E-state index >= 15 is 0 Å².